The molecule has 0 radical (unpaired) electrons. The quantitative estimate of drug-likeness (QED) is 0.747. The van der Waals surface area contributed by atoms with Gasteiger partial charge in [-0.25, -0.2) is 15.0 Å². The molecule has 0 atom stereocenters. The van der Waals surface area contributed by atoms with E-state index in [0.717, 1.165) is 48.6 Å². The van der Waals surface area contributed by atoms with Gasteiger partial charge in [-0.15, -0.1) is 11.3 Å². The molecule has 0 saturated carbocycles. The molecule has 2 aromatic heterocycles. The molecular formula is C16H22N6O2S. The second-order valence-corrected chi connectivity index (χ2v) is 6.89. The van der Waals surface area contributed by atoms with Crippen LogP contribution in [0.3, 0.4) is 0 Å². The van der Waals surface area contributed by atoms with Crippen molar-refractivity contribution in [3.8, 4) is 0 Å². The van der Waals surface area contributed by atoms with Crippen LogP contribution in [0.25, 0.3) is 0 Å². The van der Waals surface area contributed by atoms with Gasteiger partial charge in [0, 0.05) is 32.2 Å². The molecule has 0 aromatic carbocycles. The molecule has 1 amide bonds. The number of rotatable bonds is 6. The molecule has 1 fully saturated rings. The first kappa shape index (κ1) is 17.6. The van der Waals surface area contributed by atoms with Crippen molar-refractivity contribution in [3.63, 3.8) is 0 Å². The third-order valence-corrected chi connectivity index (χ3v) is 4.89. The van der Waals surface area contributed by atoms with E-state index in [9.17, 15) is 4.79 Å². The maximum Gasteiger partial charge on any atom is 0.263 e. The number of ether oxygens (including phenoxy) is 1. The predicted molar refractivity (Wildman–Crippen MR) is 97.5 cm³/mol. The lowest BCUT2D eigenvalue weighted by molar-refractivity contribution is 0.0958. The topological polar surface area (TPSA) is 92.3 Å². The summed E-state index contributed by atoms with van der Waals surface area (Å²) in [6, 6.07) is 1.92. The van der Waals surface area contributed by atoms with Crippen LogP contribution >= 0.6 is 11.3 Å². The van der Waals surface area contributed by atoms with Crippen LogP contribution in [-0.2, 0) is 4.74 Å². The lowest BCUT2D eigenvalue weighted by Crippen LogP contribution is -2.36. The molecule has 1 saturated heterocycles. The molecule has 2 aromatic rings. The summed E-state index contributed by atoms with van der Waals surface area (Å²) in [5.74, 6) is 1.55. The van der Waals surface area contributed by atoms with Gasteiger partial charge in [0.25, 0.3) is 5.91 Å². The summed E-state index contributed by atoms with van der Waals surface area (Å²) in [5.41, 5.74) is 0.777. The highest BCUT2D eigenvalue weighted by Crippen LogP contribution is 2.17. The van der Waals surface area contributed by atoms with Gasteiger partial charge in [0.2, 0.25) is 0 Å². The molecule has 0 spiro atoms. The number of thiazole rings is 1. The van der Waals surface area contributed by atoms with E-state index in [4.69, 9.17) is 4.74 Å². The minimum atomic E-state index is -0.0819. The van der Waals surface area contributed by atoms with Crippen molar-refractivity contribution in [2.75, 3.05) is 49.6 Å². The first-order chi connectivity index (χ1) is 12.1. The SMILES string of the molecule is Cc1nc(C)c(C(=O)NCCNc2cc(N3CCOCC3)ncn2)s1. The van der Waals surface area contributed by atoms with Gasteiger partial charge in [-0.1, -0.05) is 0 Å². The van der Waals surface area contributed by atoms with Crippen LogP contribution in [0.15, 0.2) is 12.4 Å². The monoisotopic (exact) mass is 362 g/mol. The van der Waals surface area contributed by atoms with Crippen LogP contribution in [0.1, 0.15) is 20.4 Å². The van der Waals surface area contributed by atoms with Gasteiger partial charge in [-0.2, -0.15) is 0 Å². The lowest BCUT2D eigenvalue weighted by Gasteiger charge is -2.27. The highest BCUT2D eigenvalue weighted by molar-refractivity contribution is 7.13. The van der Waals surface area contributed by atoms with Crippen LogP contribution in [0.2, 0.25) is 0 Å². The number of carbonyl (C=O) groups excluding carboxylic acids is 1. The molecule has 1 aliphatic heterocycles. The summed E-state index contributed by atoms with van der Waals surface area (Å²) in [5, 5.41) is 7.02. The second kappa shape index (κ2) is 8.21. The second-order valence-electron chi connectivity index (χ2n) is 5.69. The van der Waals surface area contributed by atoms with Crippen molar-refractivity contribution in [3.05, 3.63) is 28.0 Å². The molecule has 9 heteroatoms. The summed E-state index contributed by atoms with van der Waals surface area (Å²) in [6.45, 7) is 7.95. The van der Waals surface area contributed by atoms with Crippen LogP contribution in [-0.4, -0.2) is 60.3 Å². The molecule has 3 rings (SSSR count). The van der Waals surface area contributed by atoms with Crippen LogP contribution in [0.5, 0.6) is 0 Å². The van der Waals surface area contributed by atoms with Gasteiger partial charge in [0.15, 0.2) is 0 Å². The molecule has 0 bridgehead atoms. The number of amides is 1. The van der Waals surface area contributed by atoms with Gasteiger partial charge in [-0.3, -0.25) is 4.79 Å². The standard InChI is InChI=1S/C16H22N6O2S/c1-11-15(25-12(2)21-11)16(23)18-4-3-17-13-9-14(20-10-19-13)22-5-7-24-8-6-22/h9-10H,3-8H2,1-2H3,(H,18,23)(H,17,19,20). The average Bonchev–Trinajstić information content (AvgIpc) is 2.98. The van der Waals surface area contributed by atoms with Gasteiger partial charge >= 0.3 is 0 Å². The Balaban J connectivity index is 1.47. The molecular weight excluding hydrogens is 340 g/mol. The molecule has 3 heterocycles. The number of hydrogen-bond donors (Lipinski definition) is 2. The minimum Gasteiger partial charge on any atom is -0.378 e. The number of hydrogen-bond acceptors (Lipinski definition) is 8. The summed E-state index contributed by atoms with van der Waals surface area (Å²) in [4.78, 5) is 27.8. The van der Waals surface area contributed by atoms with Crippen molar-refractivity contribution in [2.45, 2.75) is 13.8 Å². The highest BCUT2D eigenvalue weighted by Gasteiger charge is 2.14. The van der Waals surface area contributed by atoms with Gasteiger partial charge in [0.05, 0.1) is 23.9 Å². The van der Waals surface area contributed by atoms with Gasteiger partial charge in [-0.05, 0) is 13.8 Å². The molecule has 0 unspecified atom stereocenters. The number of aryl methyl sites for hydroxylation is 2. The van der Waals surface area contributed by atoms with Crippen molar-refractivity contribution in [1.82, 2.24) is 20.3 Å². The Labute approximate surface area is 150 Å². The number of anilines is 2. The number of morpholine rings is 1. The Hall–Kier alpha value is -2.26. The van der Waals surface area contributed by atoms with E-state index in [0.29, 0.717) is 18.0 Å². The number of carbonyl (C=O) groups is 1. The average molecular weight is 362 g/mol. The maximum atomic E-state index is 12.1. The van der Waals surface area contributed by atoms with E-state index in [-0.39, 0.29) is 5.91 Å². The van der Waals surface area contributed by atoms with Crippen molar-refractivity contribution >= 4 is 28.9 Å². The van der Waals surface area contributed by atoms with Crippen LogP contribution in [0, 0.1) is 13.8 Å². The predicted octanol–water partition coefficient (Wildman–Crippen LogP) is 1.23. The van der Waals surface area contributed by atoms with E-state index in [1.54, 1.807) is 6.33 Å². The summed E-state index contributed by atoms with van der Waals surface area (Å²) in [6.07, 6.45) is 1.55. The number of nitrogens with one attached hydrogen (secondary N) is 2. The number of aromatic nitrogens is 3. The fourth-order valence-electron chi connectivity index (χ4n) is 2.60. The third kappa shape index (κ3) is 4.64. The van der Waals surface area contributed by atoms with E-state index < -0.39 is 0 Å². The first-order valence-electron chi connectivity index (χ1n) is 8.24. The Morgan fingerprint density at radius 2 is 2.08 bits per heavy atom. The van der Waals surface area contributed by atoms with Gasteiger partial charge in [0.1, 0.15) is 22.8 Å². The molecule has 1 aliphatic rings. The molecule has 25 heavy (non-hydrogen) atoms. The fourth-order valence-corrected chi connectivity index (χ4v) is 3.43. The van der Waals surface area contributed by atoms with E-state index in [1.807, 2.05) is 19.9 Å². The Morgan fingerprint density at radius 1 is 1.28 bits per heavy atom. The largest absolute Gasteiger partial charge is 0.378 e. The van der Waals surface area contributed by atoms with Crippen LogP contribution in [0.4, 0.5) is 11.6 Å². The minimum absolute atomic E-state index is 0.0819. The van der Waals surface area contributed by atoms with Crippen molar-refractivity contribution in [1.29, 1.82) is 0 Å². The molecule has 134 valence electrons. The smallest absolute Gasteiger partial charge is 0.263 e. The zero-order chi connectivity index (χ0) is 17.6. The summed E-state index contributed by atoms with van der Waals surface area (Å²) in [7, 11) is 0. The zero-order valence-corrected chi connectivity index (χ0v) is 15.2. The number of nitrogens with zero attached hydrogens (tertiary/aromatic N) is 4. The van der Waals surface area contributed by atoms with E-state index >= 15 is 0 Å². The Bertz CT molecular complexity index is 729. The Kier molecular flexibility index (Phi) is 5.77. The van der Waals surface area contributed by atoms with E-state index in [2.05, 4.69) is 30.5 Å². The first-order valence-corrected chi connectivity index (χ1v) is 9.06. The maximum absolute atomic E-state index is 12.1. The third-order valence-electron chi connectivity index (χ3n) is 3.81. The van der Waals surface area contributed by atoms with Crippen LogP contribution < -0.4 is 15.5 Å². The molecule has 8 nitrogen and oxygen atoms in total. The van der Waals surface area contributed by atoms with Crippen molar-refractivity contribution in [2.24, 2.45) is 0 Å². The molecule has 0 aliphatic carbocycles. The van der Waals surface area contributed by atoms with E-state index in [1.165, 1.54) is 11.3 Å². The highest BCUT2D eigenvalue weighted by atomic mass is 32.1. The van der Waals surface area contributed by atoms with Gasteiger partial charge < -0.3 is 20.3 Å². The summed E-state index contributed by atoms with van der Waals surface area (Å²) >= 11 is 1.41. The lowest BCUT2D eigenvalue weighted by atomic mass is 10.3. The fraction of sp³-hybridized carbons (Fsp3) is 0.500. The zero-order valence-electron chi connectivity index (χ0n) is 14.4. The molecule has 2 N–H and O–H groups in total. The van der Waals surface area contributed by atoms with Crippen molar-refractivity contribution < 1.29 is 9.53 Å². The normalized spacial score (nSPS) is 14.4. The Morgan fingerprint density at radius 3 is 2.80 bits per heavy atom. The summed E-state index contributed by atoms with van der Waals surface area (Å²) < 4.78 is 5.36.